The Morgan fingerprint density at radius 2 is 0.523 bits per heavy atom. The van der Waals surface area contributed by atoms with Crippen molar-refractivity contribution >= 4 is 115 Å². The van der Waals surface area contributed by atoms with Crippen LogP contribution in [0.1, 0.15) is 26.3 Å². The normalized spacial score (nSPS) is 12.4. The van der Waals surface area contributed by atoms with Gasteiger partial charge < -0.3 is 9.80 Å². The molecule has 0 radical (unpaired) electrons. The topological polar surface area (TPSA) is 6.48 Å². The van der Waals surface area contributed by atoms with Crippen molar-refractivity contribution in [2.24, 2.45) is 0 Å². The Balaban J connectivity index is 1.03. The van der Waals surface area contributed by atoms with Crippen molar-refractivity contribution in [2.45, 2.75) is 26.2 Å². The third kappa shape index (κ3) is 12.0. The van der Waals surface area contributed by atoms with Crippen LogP contribution in [0.25, 0.3) is 66.8 Å². The number of hydrogen-bond donors (Lipinski definition) is 0. The summed E-state index contributed by atoms with van der Waals surface area (Å²) < 4.78 is 0. The molecule has 0 saturated heterocycles. The van der Waals surface area contributed by atoms with Crippen LogP contribution >= 0.6 is 0 Å². The number of para-hydroxylation sites is 1. The Bertz CT molecular complexity index is 6090. The predicted molar refractivity (Wildman–Crippen MR) is 479 cm³/mol. The molecule has 111 heavy (non-hydrogen) atoms. The first kappa shape index (κ1) is 68.4. The first-order valence-corrected chi connectivity index (χ1v) is 42.8. The molecule has 0 unspecified atom stereocenters. The number of rotatable bonds is 16. The summed E-state index contributed by atoms with van der Waals surface area (Å²) >= 11 is 0. The van der Waals surface area contributed by atoms with E-state index in [9.17, 15) is 0 Å². The van der Waals surface area contributed by atoms with Crippen molar-refractivity contribution < 1.29 is 0 Å². The molecule has 2 aliphatic rings. The van der Waals surface area contributed by atoms with Crippen molar-refractivity contribution in [1.82, 2.24) is 0 Å². The van der Waals surface area contributed by atoms with Gasteiger partial charge in [-0.2, -0.15) is 0 Å². The molecule has 0 bridgehead atoms. The molecule has 0 aliphatic carbocycles. The SMILES string of the molecule is CC(C)(C)c1ccc2c(c1)N(c1ccc(-c3ccccc3)cc1-c1ccccc1)c1cc([Si](c3ccccc3)(c3ccccc3)c3cccc(-c4ccccc4)c3)cc3c1B2c1ccc([Si](c2ccccc2)(c2ccccc2)c2cccc(-c4ccccc4)c2)cc1N3c1c(-c2ccccc2)cccc1-c1ccccc1. The summed E-state index contributed by atoms with van der Waals surface area (Å²) in [7, 11) is -6.98. The summed E-state index contributed by atoms with van der Waals surface area (Å²) in [6.07, 6.45) is 0. The van der Waals surface area contributed by atoms with Crippen molar-refractivity contribution in [3.8, 4) is 66.8 Å². The maximum Gasteiger partial charge on any atom is 0.252 e. The maximum absolute atomic E-state index is 3.59. The second-order valence-corrected chi connectivity index (χ2v) is 38.2. The van der Waals surface area contributed by atoms with Crippen molar-refractivity contribution in [3.63, 3.8) is 0 Å². The van der Waals surface area contributed by atoms with E-state index in [1.807, 2.05) is 0 Å². The van der Waals surface area contributed by atoms with Crippen molar-refractivity contribution in [3.05, 3.63) is 442 Å². The maximum atomic E-state index is 2.79. The second kappa shape index (κ2) is 28.8. The van der Waals surface area contributed by atoms with Gasteiger partial charge in [-0.25, -0.2) is 0 Å². The lowest BCUT2D eigenvalue weighted by molar-refractivity contribution is 0.590. The van der Waals surface area contributed by atoms with Gasteiger partial charge >= 0.3 is 0 Å². The molecular formula is C106H81BN2Si2. The minimum atomic E-state index is -3.59. The standard InChI is InChI=1S/C106H81BN2Si2/c1-106(2,3)85-64-66-97-100(72-85)108(99-68-63-84(78-41-18-6-19-42-78)71-96(99)81-47-24-9-25-48-81)102-74-93(111(88-55-30-12-31-56-88,89-57-32-13-33-58-89)91-60-35-50-83(70-91)77-39-16-5-17-40-77)75-103-104(102)107(97)98-67-65-92(73-101(98)109(103)105-94(79-43-20-7-21-44-79)61-36-62-95(105)80-45-22-8-23-46-80)110(86-51-26-10-27-52-86,87-53-28-11-29-54-87)90-59-34-49-82(69-90)76-37-14-4-15-38-76/h4-75H,1-3H3. The molecule has 0 aromatic heterocycles. The molecule has 0 atom stereocenters. The van der Waals surface area contributed by atoms with Crippen LogP contribution in [0.3, 0.4) is 0 Å². The Labute approximate surface area is 655 Å². The summed E-state index contributed by atoms with van der Waals surface area (Å²) in [5, 5.41) is 10.3. The molecule has 526 valence electrons. The van der Waals surface area contributed by atoms with Gasteiger partial charge in [0.05, 0.1) is 11.4 Å². The highest BCUT2D eigenvalue weighted by Crippen LogP contribution is 2.52. The van der Waals surface area contributed by atoms with Gasteiger partial charge in [0.25, 0.3) is 6.71 Å². The Hall–Kier alpha value is -13.2. The lowest BCUT2D eigenvalue weighted by Crippen LogP contribution is -2.75. The molecule has 17 aromatic rings. The Morgan fingerprint density at radius 3 is 0.946 bits per heavy atom. The third-order valence-corrected chi connectivity index (χ3v) is 32.8. The van der Waals surface area contributed by atoms with E-state index in [2.05, 4.69) is 467 Å². The van der Waals surface area contributed by atoms with Gasteiger partial charge in [0.1, 0.15) is 0 Å². The van der Waals surface area contributed by atoms with E-state index >= 15 is 0 Å². The summed E-state index contributed by atoms with van der Waals surface area (Å²) in [6, 6.07) is 167. The van der Waals surface area contributed by atoms with E-state index in [0.717, 1.165) is 67.4 Å². The fourth-order valence-electron chi connectivity index (χ4n) is 18.2. The average molecular weight is 1450 g/mol. The van der Waals surface area contributed by atoms with Gasteiger partial charge in [-0.3, -0.25) is 0 Å². The monoisotopic (exact) mass is 1450 g/mol. The molecular weight excluding hydrogens is 1370 g/mol. The third-order valence-electron chi connectivity index (χ3n) is 23.3. The fourth-order valence-corrected chi connectivity index (χ4v) is 27.8. The van der Waals surface area contributed by atoms with Crippen molar-refractivity contribution in [2.75, 3.05) is 9.80 Å². The summed E-state index contributed by atoms with van der Waals surface area (Å²) in [5.74, 6) is 0. The van der Waals surface area contributed by atoms with Crippen molar-refractivity contribution in [1.29, 1.82) is 0 Å². The Kier molecular flexibility index (Phi) is 17.7. The van der Waals surface area contributed by atoms with E-state index in [1.165, 1.54) is 97.0 Å². The molecule has 2 nitrogen and oxygen atoms in total. The van der Waals surface area contributed by atoms with Crippen LogP contribution in [-0.4, -0.2) is 22.9 Å². The zero-order valence-corrected chi connectivity index (χ0v) is 64.5. The number of fused-ring (bicyclic) bond motifs is 4. The highest BCUT2D eigenvalue weighted by molar-refractivity contribution is 7.21. The fraction of sp³-hybridized carbons (Fsp3) is 0.0377. The summed E-state index contributed by atoms with van der Waals surface area (Å²) in [6.45, 7) is 6.84. The minimum absolute atomic E-state index is 0.217. The van der Waals surface area contributed by atoms with Crippen LogP contribution in [0.15, 0.2) is 437 Å². The zero-order chi connectivity index (χ0) is 74.5. The largest absolute Gasteiger partial charge is 0.311 e. The molecule has 17 aromatic carbocycles. The first-order chi connectivity index (χ1) is 54.7. The molecule has 2 heterocycles. The second-order valence-electron chi connectivity index (χ2n) is 30.6. The van der Waals surface area contributed by atoms with Gasteiger partial charge in [0.15, 0.2) is 16.1 Å². The van der Waals surface area contributed by atoms with Crippen LogP contribution in [0.4, 0.5) is 34.1 Å². The van der Waals surface area contributed by atoms with Gasteiger partial charge in [0, 0.05) is 39.4 Å². The molecule has 5 heteroatoms. The quantitative estimate of drug-likeness (QED) is 0.0703. The number of hydrogen-bond acceptors (Lipinski definition) is 2. The van der Waals surface area contributed by atoms with E-state index in [1.54, 1.807) is 0 Å². The van der Waals surface area contributed by atoms with Crippen LogP contribution in [0.5, 0.6) is 0 Å². The number of benzene rings is 17. The van der Waals surface area contributed by atoms with E-state index in [4.69, 9.17) is 0 Å². The van der Waals surface area contributed by atoms with E-state index in [-0.39, 0.29) is 12.1 Å². The lowest BCUT2D eigenvalue weighted by Gasteiger charge is -2.47. The van der Waals surface area contributed by atoms with E-state index < -0.39 is 16.1 Å². The minimum Gasteiger partial charge on any atom is -0.311 e. The highest BCUT2D eigenvalue weighted by Gasteiger charge is 2.51. The molecule has 19 rings (SSSR count). The van der Waals surface area contributed by atoms with Gasteiger partial charge in [-0.15, -0.1) is 0 Å². The van der Waals surface area contributed by atoms with E-state index in [0.29, 0.717) is 0 Å². The Morgan fingerprint density at radius 1 is 0.207 bits per heavy atom. The van der Waals surface area contributed by atoms with Gasteiger partial charge in [-0.05, 0) is 155 Å². The molecule has 0 amide bonds. The van der Waals surface area contributed by atoms with Gasteiger partial charge in [0.2, 0.25) is 0 Å². The molecule has 0 N–H and O–H groups in total. The van der Waals surface area contributed by atoms with Crippen LogP contribution in [0.2, 0.25) is 0 Å². The van der Waals surface area contributed by atoms with Crippen LogP contribution < -0.4 is 67.7 Å². The first-order valence-electron chi connectivity index (χ1n) is 38.8. The molecule has 2 aliphatic heterocycles. The smallest absolute Gasteiger partial charge is 0.252 e. The van der Waals surface area contributed by atoms with Gasteiger partial charge in [-0.1, -0.05) is 421 Å². The molecule has 0 spiro atoms. The van der Waals surface area contributed by atoms with Crippen LogP contribution in [0, 0.1) is 0 Å². The predicted octanol–water partition coefficient (Wildman–Crippen LogP) is 19.8. The summed E-state index contributed by atoms with van der Waals surface area (Å²) in [4.78, 5) is 5.51. The number of anilines is 6. The lowest BCUT2D eigenvalue weighted by atomic mass is 9.33. The average Bonchev–Trinajstić information content (AvgIpc) is 0.779. The van der Waals surface area contributed by atoms with Crippen LogP contribution in [-0.2, 0) is 5.41 Å². The summed E-state index contributed by atoms with van der Waals surface area (Å²) in [5.41, 5.74) is 25.5. The zero-order valence-electron chi connectivity index (χ0n) is 62.5. The molecule has 0 saturated carbocycles. The molecule has 0 fully saturated rings. The number of nitrogens with zero attached hydrogens (tertiary/aromatic N) is 2. The highest BCUT2D eigenvalue weighted by atomic mass is 28.3.